The van der Waals surface area contributed by atoms with Crippen LogP contribution in [0.15, 0.2) is 66.7 Å². The molecular weight excluding hydrogens is 455 g/mol. The third-order valence-electron chi connectivity index (χ3n) is 6.99. The molecule has 1 unspecified atom stereocenters. The summed E-state index contributed by atoms with van der Waals surface area (Å²) in [5.41, 5.74) is 2.69. The zero-order chi connectivity index (χ0) is 24.3. The van der Waals surface area contributed by atoms with Gasteiger partial charge >= 0.3 is 0 Å². The van der Waals surface area contributed by atoms with Crippen LogP contribution in [0.4, 0.5) is 13.2 Å². The van der Waals surface area contributed by atoms with Gasteiger partial charge in [0, 0.05) is 30.0 Å². The molecule has 0 radical (unpaired) electrons. The van der Waals surface area contributed by atoms with Crippen molar-refractivity contribution in [1.29, 1.82) is 0 Å². The molecule has 2 atom stereocenters. The molecule has 3 aromatic carbocycles. The molecule has 2 nitrogen and oxygen atoms in total. The van der Waals surface area contributed by atoms with Crippen molar-refractivity contribution in [2.75, 3.05) is 18.6 Å². The van der Waals surface area contributed by atoms with E-state index in [1.165, 1.54) is 24.3 Å². The van der Waals surface area contributed by atoms with E-state index in [0.717, 1.165) is 35.8 Å². The van der Waals surface area contributed by atoms with Crippen LogP contribution in [-0.2, 0) is 10.2 Å². The van der Waals surface area contributed by atoms with Gasteiger partial charge in [0.25, 0.3) is 0 Å². The molecule has 1 saturated heterocycles. The van der Waals surface area contributed by atoms with E-state index in [2.05, 4.69) is 6.26 Å². The Balaban J connectivity index is 1.52. The Hall–Kier alpha value is -2.73. The van der Waals surface area contributed by atoms with Crippen LogP contribution in [0.25, 0.3) is 11.1 Å². The molecule has 0 saturated carbocycles. The molecule has 6 heteroatoms. The Labute approximate surface area is 203 Å². The molecule has 0 bridgehead atoms. The molecule has 1 fully saturated rings. The lowest BCUT2D eigenvalue weighted by Gasteiger charge is -2.44. The van der Waals surface area contributed by atoms with Gasteiger partial charge in [-0.1, -0.05) is 36.4 Å². The minimum absolute atomic E-state index is 0.0813. The SMILES string of the molecule is CSCCC1(c2ccc(F)cc2)CCN([C@@H](C)c2ccc(-c3ccc(F)cc3F)cc2)C(=O)C1. The lowest BCUT2D eigenvalue weighted by Crippen LogP contribution is -2.47. The predicted octanol–water partition coefficient (Wildman–Crippen LogP) is 7.15. The molecule has 4 rings (SSSR count). The lowest BCUT2D eigenvalue weighted by molar-refractivity contribution is -0.138. The Morgan fingerprint density at radius 1 is 0.971 bits per heavy atom. The van der Waals surface area contributed by atoms with E-state index in [9.17, 15) is 18.0 Å². The first-order valence-electron chi connectivity index (χ1n) is 11.4. The van der Waals surface area contributed by atoms with Gasteiger partial charge in [-0.2, -0.15) is 11.8 Å². The Bertz CT molecular complexity index is 1150. The van der Waals surface area contributed by atoms with Gasteiger partial charge in [0.2, 0.25) is 5.91 Å². The molecule has 34 heavy (non-hydrogen) atoms. The second-order valence-electron chi connectivity index (χ2n) is 8.97. The summed E-state index contributed by atoms with van der Waals surface area (Å²) in [6.07, 6.45) is 4.13. The van der Waals surface area contributed by atoms with Gasteiger partial charge in [-0.15, -0.1) is 0 Å². The normalized spacial score (nSPS) is 19.3. The summed E-state index contributed by atoms with van der Waals surface area (Å²) in [6, 6.07) is 17.4. The molecule has 1 amide bonds. The summed E-state index contributed by atoms with van der Waals surface area (Å²) in [6.45, 7) is 2.61. The van der Waals surface area contributed by atoms with Gasteiger partial charge in [0.05, 0.1) is 6.04 Å². The summed E-state index contributed by atoms with van der Waals surface area (Å²) in [5, 5.41) is 0. The molecule has 178 valence electrons. The minimum atomic E-state index is -0.607. The fraction of sp³-hybridized carbons (Fsp3) is 0.321. The molecular formula is C28H28F3NOS. The molecule has 0 spiro atoms. The van der Waals surface area contributed by atoms with E-state index in [1.807, 2.05) is 36.1 Å². The van der Waals surface area contributed by atoms with Crippen molar-refractivity contribution in [2.24, 2.45) is 0 Å². The van der Waals surface area contributed by atoms with Gasteiger partial charge < -0.3 is 4.90 Å². The van der Waals surface area contributed by atoms with Crippen LogP contribution in [0.1, 0.15) is 43.4 Å². The number of nitrogens with zero attached hydrogens (tertiary/aromatic N) is 1. The number of benzene rings is 3. The highest BCUT2D eigenvalue weighted by atomic mass is 32.2. The molecule has 1 aliphatic rings. The Morgan fingerprint density at radius 2 is 1.65 bits per heavy atom. The first-order chi connectivity index (χ1) is 16.3. The van der Waals surface area contributed by atoms with Crippen LogP contribution in [0, 0.1) is 17.5 Å². The monoisotopic (exact) mass is 483 g/mol. The summed E-state index contributed by atoms with van der Waals surface area (Å²) in [7, 11) is 0. The van der Waals surface area contributed by atoms with E-state index < -0.39 is 11.6 Å². The first kappa shape index (κ1) is 24.4. The molecule has 0 aromatic heterocycles. The van der Waals surface area contributed by atoms with Crippen molar-refractivity contribution >= 4 is 17.7 Å². The molecule has 1 heterocycles. The summed E-state index contributed by atoms with van der Waals surface area (Å²) in [4.78, 5) is 15.3. The third kappa shape index (κ3) is 5.02. The predicted molar refractivity (Wildman–Crippen MR) is 132 cm³/mol. The average Bonchev–Trinajstić information content (AvgIpc) is 2.83. The van der Waals surface area contributed by atoms with Crippen LogP contribution in [0.5, 0.6) is 0 Å². The van der Waals surface area contributed by atoms with Crippen molar-refractivity contribution < 1.29 is 18.0 Å². The molecule has 1 aliphatic heterocycles. The van der Waals surface area contributed by atoms with Crippen LogP contribution in [-0.4, -0.2) is 29.4 Å². The molecule has 0 N–H and O–H groups in total. The van der Waals surface area contributed by atoms with Crippen molar-refractivity contribution in [3.63, 3.8) is 0 Å². The summed E-state index contributed by atoms with van der Waals surface area (Å²) in [5.74, 6) is -0.469. The number of amides is 1. The average molecular weight is 484 g/mol. The van der Waals surface area contributed by atoms with Crippen molar-refractivity contribution in [3.8, 4) is 11.1 Å². The number of rotatable bonds is 7. The zero-order valence-corrected chi connectivity index (χ0v) is 20.2. The lowest BCUT2D eigenvalue weighted by atomic mass is 9.70. The number of thioether (sulfide) groups is 1. The van der Waals surface area contributed by atoms with Gasteiger partial charge in [0.1, 0.15) is 17.5 Å². The van der Waals surface area contributed by atoms with Crippen LogP contribution in [0.2, 0.25) is 0 Å². The van der Waals surface area contributed by atoms with Gasteiger partial charge in [0.15, 0.2) is 0 Å². The largest absolute Gasteiger partial charge is 0.336 e. The number of hydrogen-bond donors (Lipinski definition) is 0. The highest BCUT2D eigenvalue weighted by Gasteiger charge is 2.41. The maximum Gasteiger partial charge on any atom is 0.223 e. The number of hydrogen-bond acceptors (Lipinski definition) is 2. The number of piperidine rings is 1. The number of carbonyl (C=O) groups is 1. The smallest absolute Gasteiger partial charge is 0.223 e. The van der Waals surface area contributed by atoms with E-state index in [-0.39, 0.29) is 23.2 Å². The van der Waals surface area contributed by atoms with E-state index in [1.54, 1.807) is 23.9 Å². The summed E-state index contributed by atoms with van der Waals surface area (Å²) < 4.78 is 40.9. The maximum atomic E-state index is 14.1. The minimum Gasteiger partial charge on any atom is -0.336 e. The van der Waals surface area contributed by atoms with Crippen molar-refractivity contribution in [1.82, 2.24) is 4.90 Å². The number of halogens is 3. The van der Waals surface area contributed by atoms with E-state index >= 15 is 0 Å². The second-order valence-corrected chi connectivity index (χ2v) is 9.95. The number of carbonyl (C=O) groups excluding carboxylic acids is 1. The highest BCUT2D eigenvalue weighted by Crippen LogP contribution is 2.42. The molecule has 3 aromatic rings. The summed E-state index contributed by atoms with van der Waals surface area (Å²) >= 11 is 1.75. The Kier molecular flexibility index (Phi) is 7.36. The van der Waals surface area contributed by atoms with Gasteiger partial charge in [-0.25, -0.2) is 13.2 Å². The van der Waals surface area contributed by atoms with Crippen molar-refractivity contribution in [3.05, 3.63) is 95.3 Å². The maximum absolute atomic E-state index is 14.1. The van der Waals surface area contributed by atoms with E-state index in [4.69, 9.17) is 0 Å². The fourth-order valence-corrected chi connectivity index (χ4v) is 5.49. The van der Waals surface area contributed by atoms with Crippen LogP contribution >= 0.6 is 11.8 Å². The van der Waals surface area contributed by atoms with Crippen LogP contribution < -0.4 is 0 Å². The van der Waals surface area contributed by atoms with Gasteiger partial charge in [-0.05, 0) is 72.7 Å². The zero-order valence-electron chi connectivity index (χ0n) is 19.4. The van der Waals surface area contributed by atoms with Crippen molar-refractivity contribution in [2.45, 2.75) is 37.6 Å². The first-order valence-corrected chi connectivity index (χ1v) is 12.8. The standard InChI is InChI=1S/C28H28F3NOS/c1-19(20-3-5-21(6-4-20)25-12-11-24(30)17-26(25)31)32-15-13-28(14-16-34-2,18-27(32)33)22-7-9-23(29)10-8-22/h3-12,17,19H,13-16,18H2,1-2H3/t19-,28?/m0/s1. The molecule has 0 aliphatic carbocycles. The van der Waals surface area contributed by atoms with E-state index in [0.29, 0.717) is 24.1 Å². The highest BCUT2D eigenvalue weighted by molar-refractivity contribution is 7.98. The quantitative estimate of drug-likeness (QED) is 0.356. The van der Waals surface area contributed by atoms with Gasteiger partial charge in [-0.3, -0.25) is 4.79 Å². The number of likely N-dealkylation sites (tertiary alicyclic amines) is 1. The second kappa shape index (κ2) is 10.3. The van der Waals surface area contributed by atoms with Crippen LogP contribution in [0.3, 0.4) is 0 Å². The fourth-order valence-electron chi connectivity index (χ4n) is 4.90. The topological polar surface area (TPSA) is 20.3 Å². The Morgan fingerprint density at radius 3 is 2.26 bits per heavy atom. The third-order valence-corrected chi connectivity index (χ3v) is 7.60.